The quantitative estimate of drug-likeness (QED) is 0.779. The van der Waals surface area contributed by atoms with E-state index in [1.165, 1.54) is 22.8 Å². The summed E-state index contributed by atoms with van der Waals surface area (Å²) in [5.74, 6) is -0.939. The molecule has 2 heterocycles. The summed E-state index contributed by atoms with van der Waals surface area (Å²) >= 11 is 0. The number of fused-ring (bicyclic) bond motifs is 1. The highest BCUT2D eigenvalue weighted by atomic mass is 19.1. The van der Waals surface area contributed by atoms with Crippen LogP contribution in [-0.2, 0) is 0 Å². The molecule has 2 aromatic heterocycles. The van der Waals surface area contributed by atoms with E-state index in [4.69, 9.17) is 0 Å². The fourth-order valence-corrected chi connectivity index (χ4v) is 2.53. The van der Waals surface area contributed by atoms with Gasteiger partial charge in [0.15, 0.2) is 5.43 Å². The lowest BCUT2D eigenvalue weighted by Gasteiger charge is -2.19. The summed E-state index contributed by atoms with van der Waals surface area (Å²) in [5, 5.41) is 7.60. The lowest BCUT2D eigenvalue weighted by Crippen LogP contribution is -2.20. The Morgan fingerprint density at radius 3 is 2.36 bits per heavy atom. The van der Waals surface area contributed by atoms with Gasteiger partial charge in [0.05, 0.1) is 16.6 Å². The zero-order valence-electron chi connectivity index (χ0n) is 14.3. The van der Waals surface area contributed by atoms with E-state index in [1.54, 1.807) is 12.1 Å². The predicted octanol–water partition coefficient (Wildman–Crippen LogP) is 4.10. The van der Waals surface area contributed by atoms with Crippen molar-refractivity contribution in [1.82, 2.24) is 9.61 Å². The van der Waals surface area contributed by atoms with Gasteiger partial charge >= 0.3 is 0 Å². The molecule has 0 amide bonds. The molecule has 130 valence electrons. The van der Waals surface area contributed by atoms with Gasteiger partial charge in [-0.1, -0.05) is 26.8 Å². The molecular formula is C19H19F2N3O. The Morgan fingerprint density at radius 1 is 1.04 bits per heavy atom. The SMILES string of the molecule is CC(C)(C)CNc1ccc2c(-c3c(F)cccc3F)c(=O)ccn2n1. The van der Waals surface area contributed by atoms with Crippen LogP contribution in [0.25, 0.3) is 16.6 Å². The number of halogens is 2. The van der Waals surface area contributed by atoms with Crippen LogP contribution >= 0.6 is 0 Å². The number of aromatic nitrogens is 2. The number of pyridine rings is 1. The molecule has 0 atom stereocenters. The second-order valence-corrected chi connectivity index (χ2v) is 7.11. The second kappa shape index (κ2) is 6.27. The largest absolute Gasteiger partial charge is 0.368 e. The van der Waals surface area contributed by atoms with E-state index in [0.29, 0.717) is 17.9 Å². The molecular weight excluding hydrogens is 324 g/mol. The maximum Gasteiger partial charge on any atom is 0.190 e. The number of hydrogen-bond donors (Lipinski definition) is 1. The number of nitrogens with one attached hydrogen (secondary N) is 1. The number of rotatable bonds is 3. The van der Waals surface area contributed by atoms with Gasteiger partial charge in [0.1, 0.15) is 17.5 Å². The number of anilines is 1. The first-order chi connectivity index (χ1) is 11.8. The summed E-state index contributed by atoms with van der Waals surface area (Å²) in [4.78, 5) is 12.3. The van der Waals surface area contributed by atoms with Gasteiger partial charge in [0.25, 0.3) is 0 Å². The van der Waals surface area contributed by atoms with E-state index in [2.05, 4.69) is 31.2 Å². The first-order valence-corrected chi connectivity index (χ1v) is 7.97. The third-order valence-corrected chi connectivity index (χ3v) is 3.74. The van der Waals surface area contributed by atoms with Crippen molar-refractivity contribution in [2.24, 2.45) is 5.41 Å². The maximum atomic E-state index is 14.2. The summed E-state index contributed by atoms with van der Waals surface area (Å²) in [6.07, 6.45) is 1.49. The molecule has 4 nitrogen and oxygen atoms in total. The zero-order chi connectivity index (χ0) is 18.2. The molecule has 0 aliphatic rings. The molecule has 0 spiro atoms. The van der Waals surface area contributed by atoms with Crippen molar-refractivity contribution in [3.05, 3.63) is 64.5 Å². The fourth-order valence-electron chi connectivity index (χ4n) is 2.53. The average molecular weight is 343 g/mol. The topological polar surface area (TPSA) is 46.4 Å². The van der Waals surface area contributed by atoms with E-state index < -0.39 is 17.1 Å². The third kappa shape index (κ3) is 3.52. The highest BCUT2D eigenvalue weighted by molar-refractivity contribution is 5.80. The van der Waals surface area contributed by atoms with Gasteiger partial charge in [-0.15, -0.1) is 0 Å². The second-order valence-electron chi connectivity index (χ2n) is 7.11. The van der Waals surface area contributed by atoms with E-state index in [9.17, 15) is 13.6 Å². The van der Waals surface area contributed by atoms with Crippen LogP contribution in [0.5, 0.6) is 0 Å². The highest BCUT2D eigenvalue weighted by Crippen LogP contribution is 2.27. The molecule has 3 rings (SSSR count). The molecule has 25 heavy (non-hydrogen) atoms. The minimum absolute atomic E-state index is 0.0343. The van der Waals surface area contributed by atoms with Crippen molar-refractivity contribution in [3.8, 4) is 11.1 Å². The lowest BCUT2D eigenvalue weighted by molar-refractivity contribution is 0.442. The minimum atomic E-state index is -0.778. The maximum absolute atomic E-state index is 14.2. The van der Waals surface area contributed by atoms with Gasteiger partial charge in [-0.05, 0) is 29.7 Å². The molecule has 1 aromatic carbocycles. The van der Waals surface area contributed by atoms with Gasteiger partial charge in [0, 0.05) is 18.8 Å². The summed E-state index contributed by atoms with van der Waals surface area (Å²) in [6, 6.07) is 8.13. The normalized spacial score (nSPS) is 11.7. The molecule has 0 unspecified atom stereocenters. The lowest BCUT2D eigenvalue weighted by atomic mass is 9.97. The van der Waals surface area contributed by atoms with Crippen molar-refractivity contribution in [1.29, 1.82) is 0 Å². The van der Waals surface area contributed by atoms with Gasteiger partial charge < -0.3 is 5.32 Å². The summed E-state index contributed by atoms with van der Waals surface area (Å²) in [7, 11) is 0. The number of hydrogen-bond acceptors (Lipinski definition) is 3. The molecule has 0 radical (unpaired) electrons. The van der Waals surface area contributed by atoms with Gasteiger partial charge in [-0.3, -0.25) is 4.79 Å². The van der Waals surface area contributed by atoms with Crippen molar-refractivity contribution < 1.29 is 8.78 Å². The van der Waals surface area contributed by atoms with Gasteiger partial charge in [0.2, 0.25) is 0 Å². The van der Waals surface area contributed by atoms with Crippen LogP contribution < -0.4 is 10.7 Å². The van der Waals surface area contributed by atoms with Crippen molar-refractivity contribution in [2.45, 2.75) is 20.8 Å². The standard InChI is InChI=1S/C19H19F2N3O/c1-19(2,3)11-22-16-8-7-14-18(15(25)9-10-24(14)23-16)17-12(20)5-4-6-13(17)21/h4-10H,11H2,1-3H3,(H,22,23). The number of benzene rings is 1. The van der Waals surface area contributed by atoms with Crippen LogP contribution in [-0.4, -0.2) is 16.2 Å². The molecule has 0 bridgehead atoms. The van der Waals surface area contributed by atoms with E-state index >= 15 is 0 Å². The smallest absolute Gasteiger partial charge is 0.190 e. The first kappa shape index (κ1) is 17.1. The van der Waals surface area contributed by atoms with Crippen molar-refractivity contribution in [3.63, 3.8) is 0 Å². The van der Waals surface area contributed by atoms with E-state index in [1.807, 2.05) is 0 Å². The van der Waals surface area contributed by atoms with Crippen molar-refractivity contribution in [2.75, 3.05) is 11.9 Å². The Bertz CT molecular complexity index is 970. The molecule has 0 aliphatic heterocycles. The van der Waals surface area contributed by atoms with Crippen LogP contribution in [0.3, 0.4) is 0 Å². The monoisotopic (exact) mass is 343 g/mol. The molecule has 0 saturated heterocycles. The first-order valence-electron chi connectivity index (χ1n) is 7.97. The van der Waals surface area contributed by atoms with Gasteiger partial charge in [-0.25, -0.2) is 13.3 Å². The van der Waals surface area contributed by atoms with Crippen LogP contribution in [0.15, 0.2) is 47.4 Å². The Hall–Kier alpha value is -2.76. The number of nitrogens with zero attached hydrogens (tertiary/aromatic N) is 2. The van der Waals surface area contributed by atoms with Crippen LogP contribution in [0, 0.1) is 17.0 Å². The molecule has 6 heteroatoms. The zero-order valence-corrected chi connectivity index (χ0v) is 14.3. The summed E-state index contributed by atoms with van der Waals surface area (Å²) < 4.78 is 29.8. The minimum Gasteiger partial charge on any atom is -0.368 e. The summed E-state index contributed by atoms with van der Waals surface area (Å²) in [5.41, 5.74) is -0.406. The third-order valence-electron chi connectivity index (χ3n) is 3.74. The van der Waals surface area contributed by atoms with Crippen LogP contribution in [0.2, 0.25) is 0 Å². The Balaban J connectivity index is 2.14. The van der Waals surface area contributed by atoms with Gasteiger partial charge in [-0.2, -0.15) is 5.10 Å². The van der Waals surface area contributed by atoms with E-state index in [-0.39, 0.29) is 16.5 Å². The Labute approximate surface area is 144 Å². The predicted molar refractivity (Wildman–Crippen MR) is 94.8 cm³/mol. The molecule has 0 fully saturated rings. The molecule has 0 aliphatic carbocycles. The molecule has 3 aromatic rings. The highest BCUT2D eigenvalue weighted by Gasteiger charge is 2.18. The van der Waals surface area contributed by atoms with Crippen molar-refractivity contribution >= 4 is 11.3 Å². The molecule has 0 saturated carbocycles. The van der Waals surface area contributed by atoms with Crippen LogP contribution in [0.1, 0.15) is 20.8 Å². The average Bonchev–Trinajstić information content (AvgIpc) is 2.54. The van der Waals surface area contributed by atoms with E-state index in [0.717, 1.165) is 12.1 Å². The summed E-state index contributed by atoms with van der Waals surface area (Å²) in [6.45, 7) is 6.99. The molecule has 1 N–H and O–H groups in total. The Morgan fingerprint density at radius 2 is 1.72 bits per heavy atom. The Kier molecular flexibility index (Phi) is 4.29. The fraction of sp³-hybridized carbons (Fsp3) is 0.263. The van der Waals surface area contributed by atoms with Crippen LogP contribution in [0.4, 0.5) is 14.6 Å².